The first kappa shape index (κ1) is 20.8. The van der Waals surface area contributed by atoms with E-state index in [4.69, 9.17) is 4.52 Å². The van der Waals surface area contributed by atoms with Crippen LogP contribution in [0.15, 0.2) is 32.6 Å². The summed E-state index contributed by atoms with van der Waals surface area (Å²) in [7, 11) is 1.76. The third-order valence-corrected chi connectivity index (χ3v) is 4.13. The average molecular weight is 461 g/mol. The molecule has 0 radical (unpaired) electrons. The van der Waals surface area contributed by atoms with Crippen molar-refractivity contribution in [3.63, 3.8) is 0 Å². The molecule has 1 aromatic heterocycles. The van der Waals surface area contributed by atoms with Crippen LogP contribution in [0.1, 0.15) is 22.8 Å². The monoisotopic (exact) mass is 461 g/mol. The van der Waals surface area contributed by atoms with E-state index < -0.39 is 0 Å². The van der Waals surface area contributed by atoms with E-state index >= 15 is 0 Å². The summed E-state index contributed by atoms with van der Waals surface area (Å²) in [5.41, 5.74) is 2.54. The van der Waals surface area contributed by atoms with Gasteiger partial charge < -0.3 is 15.2 Å². The Morgan fingerprint density at radius 1 is 1.29 bits per heavy atom. The van der Waals surface area contributed by atoms with Gasteiger partial charge in [0.2, 0.25) is 5.89 Å². The molecule has 2 N–H and O–H groups in total. The Labute approximate surface area is 164 Å². The summed E-state index contributed by atoms with van der Waals surface area (Å²) < 4.78 is 5.09. The van der Waals surface area contributed by atoms with Crippen molar-refractivity contribution in [3.8, 4) is 0 Å². The highest BCUT2D eigenvalue weighted by Crippen LogP contribution is 2.21. The smallest absolute Gasteiger partial charge is 0.228 e. The fraction of sp³-hybridized carbons (Fsp3) is 0.438. The molecule has 0 atom stereocenters. The van der Waals surface area contributed by atoms with Crippen LogP contribution in [0, 0.1) is 13.8 Å². The van der Waals surface area contributed by atoms with E-state index in [2.05, 4.69) is 57.1 Å². The van der Waals surface area contributed by atoms with Gasteiger partial charge in [-0.1, -0.05) is 17.3 Å². The van der Waals surface area contributed by atoms with Gasteiger partial charge >= 0.3 is 0 Å². The second kappa shape index (κ2) is 10.5. The van der Waals surface area contributed by atoms with E-state index in [1.165, 1.54) is 16.0 Å². The second-order valence-corrected chi connectivity index (χ2v) is 6.00. The number of benzene rings is 1. The Balaban J connectivity index is 0.00000288. The number of nitrogens with zero attached hydrogens (tertiary/aromatic N) is 3. The topological polar surface area (TPSA) is 75.3 Å². The molecular formula is C16H24IN5OS. The zero-order chi connectivity index (χ0) is 16.7. The number of hydrogen-bond acceptors (Lipinski definition) is 5. The van der Waals surface area contributed by atoms with Gasteiger partial charge in [0.25, 0.3) is 0 Å². The highest BCUT2D eigenvalue weighted by Gasteiger charge is 2.05. The highest BCUT2D eigenvalue weighted by molar-refractivity contribution is 14.0. The number of aromatic nitrogens is 2. The van der Waals surface area contributed by atoms with Gasteiger partial charge in [-0.25, -0.2) is 0 Å². The molecule has 0 fully saturated rings. The molecule has 0 aliphatic rings. The molecule has 1 aromatic carbocycles. The first-order valence-electron chi connectivity index (χ1n) is 7.49. The lowest BCUT2D eigenvalue weighted by Gasteiger charge is -2.13. The fourth-order valence-electron chi connectivity index (χ4n) is 2.13. The molecule has 132 valence electrons. The predicted molar refractivity (Wildman–Crippen MR) is 109 cm³/mol. The first-order chi connectivity index (χ1) is 11.1. The molecule has 0 saturated carbocycles. The van der Waals surface area contributed by atoms with Crippen molar-refractivity contribution in [3.05, 3.63) is 41.0 Å². The maximum Gasteiger partial charge on any atom is 0.228 e. The molecule has 2 aromatic rings. The zero-order valence-corrected chi connectivity index (χ0v) is 17.6. The van der Waals surface area contributed by atoms with Crippen LogP contribution in [-0.2, 0) is 13.0 Å². The van der Waals surface area contributed by atoms with Gasteiger partial charge in [-0.05, 0) is 37.3 Å². The minimum Gasteiger partial charge on any atom is -0.356 e. The van der Waals surface area contributed by atoms with Crippen LogP contribution in [0.2, 0.25) is 0 Å². The van der Waals surface area contributed by atoms with E-state index in [9.17, 15) is 0 Å². The van der Waals surface area contributed by atoms with E-state index in [1.54, 1.807) is 18.8 Å². The van der Waals surface area contributed by atoms with Crippen molar-refractivity contribution >= 4 is 41.7 Å². The van der Waals surface area contributed by atoms with Crippen molar-refractivity contribution in [2.45, 2.75) is 31.7 Å². The number of halogens is 1. The quantitative estimate of drug-likeness (QED) is 0.298. The number of aryl methyl sites for hydroxylation is 2. The summed E-state index contributed by atoms with van der Waals surface area (Å²) in [5, 5.41) is 10.4. The third-order valence-electron chi connectivity index (χ3n) is 3.31. The lowest BCUT2D eigenvalue weighted by atomic mass is 10.1. The van der Waals surface area contributed by atoms with Gasteiger partial charge in [0.1, 0.15) is 0 Å². The Morgan fingerprint density at radius 3 is 2.71 bits per heavy atom. The number of aliphatic imine (C=N–C) groups is 1. The van der Waals surface area contributed by atoms with Crippen LogP contribution in [0.25, 0.3) is 0 Å². The van der Waals surface area contributed by atoms with Gasteiger partial charge in [-0.3, -0.25) is 4.99 Å². The minimum atomic E-state index is 0. The lowest BCUT2D eigenvalue weighted by molar-refractivity contribution is 0.374. The van der Waals surface area contributed by atoms with Gasteiger partial charge in [-0.15, -0.1) is 35.7 Å². The molecule has 0 unspecified atom stereocenters. The van der Waals surface area contributed by atoms with Crippen LogP contribution in [0.5, 0.6) is 0 Å². The molecular weight excluding hydrogens is 437 g/mol. The van der Waals surface area contributed by atoms with E-state index in [-0.39, 0.29) is 24.0 Å². The van der Waals surface area contributed by atoms with Gasteiger partial charge in [-0.2, -0.15) is 4.98 Å². The van der Waals surface area contributed by atoms with Crippen molar-refractivity contribution in [2.75, 3.05) is 19.8 Å². The molecule has 0 aliphatic heterocycles. The van der Waals surface area contributed by atoms with Crippen molar-refractivity contribution < 1.29 is 4.52 Å². The summed E-state index contributed by atoms with van der Waals surface area (Å²) in [6.45, 7) is 5.34. The summed E-state index contributed by atoms with van der Waals surface area (Å²) in [6, 6.07) is 6.49. The van der Waals surface area contributed by atoms with Crippen molar-refractivity contribution in [1.29, 1.82) is 0 Å². The molecule has 0 bridgehead atoms. The number of thioether (sulfide) groups is 1. The zero-order valence-electron chi connectivity index (χ0n) is 14.4. The number of guanidine groups is 1. The molecule has 0 spiro atoms. The standard InChI is InChI=1S/C16H23N5OS.HI/c1-11-5-6-13(14(9-11)23-4)10-19-16(17-3)18-8-7-15-20-12(2)21-22-15;/h5-6,9H,7-8,10H2,1-4H3,(H2,17,18,19);1H. The van der Waals surface area contributed by atoms with Crippen LogP contribution in [-0.4, -0.2) is 35.9 Å². The molecule has 1 heterocycles. The van der Waals surface area contributed by atoms with Crippen LogP contribution in [0.3, 0.4) is 0 Å². The van der Waals surface area contributed by atoms with Crippen LogP contribution >= 0.6 is 35.7 Å². The molecule has 24 heavy (non-hydrogen) atoms. The highest BCUT2D eigenvalue weighted by atomic mass is 127. The predicted octanol–water partition coefficient (Wildman–Crippen LogP) is 2.93. The molecule has 0 aliphatic carbocycles. The lowest BCUT2D eigenvalue weighted by Crippen LogP contribution is -2.38. The second-order valence-electron chi connectivity index (χ2n) is 5.15. The Kier molecular flexibility index (Phi) is 9.12. The molecule has 0 saturated heterocycles. The van der Waals surface area contributed by atoms with Gasteiger partial charge in [0, 0.05) is 31.5 Å². The van der Waals surface area contributed by atoms with Gasteiger partial charge in [0.15, 0.2) is 11.8 Å². The van der Waals surface area contributed by atoms with Crippen LogP contribution < -0.4 is 10.6 Å². The maximum atomic E-state index is 5.09. The van der Waals surface area contributed by atoms with E-state index in [0.29, 0.717) is 24.7 Å². The van der Waals surface area contributed by atoms with Crippen LogP contribution in [0.4, 0.5) is 0 Å². The summed E-state index contributed by atoms with van der Waals surface area (Å²) in [4.78, 5) is 9.70. The summed E-state index contributed by atoms with van der Waals surface area (Å²) >= 11 is 1.76. The summed E-state index contributed by atoms with van der Waals surface area (Å²) in [5.74, 6) is 2.05. The number of nitrogens with one attached hydrogen (secondary N) is 2. The fourth-order valence-corrected chi connectivity index (χ4v) is 2.83. The molecule has 0 amide bonds. The Morgan fingerprint density at radius 2 is 2.08 bits per heavy atom. The first-order valence-corrected chi connectivity index (χ1v) is 8.72. The largest absolute Gasteiger partial charge is 0.356 e. The minimum absolute atomic E-state index is 0. The average Bonchev–Trinajstić information content (AvgIpc) is 2.96. The Bertz CT molecular complexity index is 674. The van der Waals surface area contributed by atoms with Crippen molar-refractivity contribution in [1.82, 2.24) is 20.8 Å². The van der Waals surface area contributed by atoms with E-state index in [0.717, 1.165) is 12.5 Å². The number of hydrogen-bond donors (Lipinski definition) is 2. The summed E-state index contributed by atoms with van der Waals surface area (Å²) in [6.07, 6.45) is 2.76. The Hall–Kier alpha value is -1.29. The molecule has 6 nitrogen and oxygen atoms in total. The molecule has 8 heteroatoms. The molecule has 2 rings (SSSR count). The van der Waals surface area contributed by atoms with Gasteiger partial charge in [0.05, 0.1) is 0 Å². The van der Waals surface area contributed by atoms with Crippen molar-refractivity contribution in [2.24, 2.45) is 4.99 Å². The number of rotatable bonds is 6. The van der Waals surface area contributed by atoms with E-state index in [1.807, 2.05) is 6.92 Å². The normalized spacial score (nSPS) is 11.1. The SMILES string of the molecule is CN=C(NCCc1nc(C)no1)NCc1ccc(C)cc1SC.I. The third kappa shape index (κ3) is 6.31. The maximum absolute atomic E-state index is 5.09.